The summed E-state index contributed by atoms with van der Waals surface area (Å²) in [5, 5.41) is 7.47. The lowest BCUT2D eigenvalue weighted by Gasteiger charge is -2.35. The minimum Gasteiger partial charge on any atom is -0.395 e. The second kappa shape index (κ2) is 5.74. The van der Waals surface area contributed by atoms with Crippen molar-refractivity contribution in [2.24, 2.45) is 0 Å². The average Bonchev–Trinajstić information content (AvgIpc) is 3.14. The Balaban J connectivity index is 1.70. The highest BCUT2D eigenvalue weighted by molar-refractivity contribution is 7.08. The summed E-state index contributed by atoms with van der Waals surface area (Å²) in [6.45, 7) is 3.66. The van der Waals surface area contributed by atoms with Gasteiger partial charge in [0.1, 0.15) is 0 Å². The van der Waals surface area contributed by atoms with E-state index < -0.39 is 6.29 Å². The number of fused-ring (bicyclic) bond motifs is 1. The van der Waals surface area contributed by atoms with Crippen LogP contribution in [0, 0.1) is 0 Å². The molecule has 1 aromatic heterocycles. The van der Waals surface area contributed by atoms with E-state index in [1.165, 1.54) is 5.56 Å². The Kier molecular flexibility index (Phi) is 3.71. The lowest BCUT2D eigenvalue weighted by molar-refractivity contribution is -0.286. The van der Waals surface area contributed by atoms with Gasteiger partial charge in [-0.15, -0.1) is 8.78 Å². The predicted octanol–water partition coefficient (Wildman–Crippen LogP) is 3.06. The Morgan fingerprint density at radius 2 is 1.87 bits per heavy atom. The highest BCUT2D eigenvalue weighted by Gasteiger charge is 2.43. The van der Waals surface area contributed by atoms with Gasteiger partial charge in [0.25, 0.3) is 0 Å². The van der Waals surface area contributed by atoms with Gasteiger partial charge in [0.15, 0.2) is 11.5 Å². The van der Waals surface area contributed by atoms with E-state index in [2.05, 4.69) is 31.1 Å². The van der Waals surface area contributed by atoms with E-state index in [0.717, 1.165) is 31.7 Å². The SMILES string of the molecule is FC1(F)Oc2ccc([C@H](c3ccsc3)N3CCNCC3)cc2O1. The first-order valence-corrected chi connectivity index (χ1v) is 8.43. The molecular formula is C16H16F2N2O2S. The molecule has 3 heterocycles. The molecule has 2 aliphatic heterocycles. The van der Waals surface area contributed by atoms with Crippen LogP contribution in [0.3, 0.4) is 0 Å². The van der Waals surface area contributed by atoms with Crippen LogP contribution in [0.25, 0.3) is 0 Å². The number of hydrogen-bond acceptors (Lipinski definition) is 5. The van der Waals surface area contributed by atoms with Gasteiger partial charge in [0.2, 0.25) is 0 Å². The number of rotatable bonds is 3. The first-order chi connectivity index (χ1) is 11.1. The maximum Gasteiger partial charge on any atom is 0.586 e. The standard InChI is InChI=1S/C16H16F2N2O2S/c17-16(18)21-13-2-1-11(9-14(13)22-16)15(12-3-8-23-10-12)20-6-4-19-5-7-20/h1-3,8-10,15,19H,4-7H2/t15-/m1/s1. The number of piperazine rings is 1. The van der Waals surface area contributed by atoms with Crippen molar-refractivity contribution >= 4 is 11.3 Å². The van der Waals surface area contributed by atoms with Crippen molar-refractivity contribution in [3.05, 3.63) is 46.2 Å². The lowest BCUT2D eigenvalue weighted by atomic mass is 9.98. The van der Waals surface area contributed by atoms with Crippen molar-refractivity contribution in [3.63, 3.8) is 0 Å². The fourth-order valence-electron chi connectivity index (χ4n) is 3.12. The van der Waals surface area contributed by atoms with E-state index in [9.17, 15) is 8.78 Å². The second-order valence-electron chi connectivity index (χ2n) is 5.62. The molecule has 4 rings (SSSR count). The Bertz CT molecular complexity index is 687. The summed E-state index contributed by atoms with van der Waals surface area (Å²) in [6.07, 6.45) is -3.58. The van der Waals surface area contributed by atoms with Gasteiger partial charge in [-0.2, -0.15) is 11.3 Å². The largest absolute Gasteiger partial charge is 0.586 e. The minimum atomic E-state index is -3.58. The normalized spacial score (nSPS) is 21.3. The number of nitrogens with one attached hydrogen (secondary N) is 1. The van der Waals surface area contributed by atoms with Gasteiger partial charge in [-0.1, -0.05) is 6.07 Å². The van der Waals surface area contributed by atoms with Gasteiger partial charge in [-0.25, -0.2) is 0 Å². The van der Waals surface area contributed by atoms with Gasteiger partial charge >= 0.3 is 6.29 Å². The molecule has 0 unspecified atom stereocenters. The molecular weight excluding hydrogens is 322 g/mol. The number of hydrogen-bond donors (Lipinski definition) is 1. The molecule has 1 saturated heterocycles. The number of halogens is 2. The minimum absolute atomic E-state index is 0.0338. The number of ether oxygens (including phenoxy) is 2. The van der Waals surface area contributed by atoms with Crippen LogP contribution in [-0.4, -0.2) is 37.4 Å². The summed E-state index contributed by atoms with van der Waals surface area (Å²) in [5.41, 5.74) is 2.10. The molecule has 2 aromatic rings. The molecule has 7 heteroatoms. The average molecular weight is 338 g/mol. The van der Waals surface area contributed by atoms with Crippen LogP contribution in [-0.2, 0) is 0 Å². The molecule has 1 atom stereocenters. The summed E-state index contributed by atoms with van der Waals surface area (Å²) in [4.78, 5) is 2.36. The Labute approximate surface area is 136 Å². The van der Waals surface area contributed by atoms with Gasteiger partial charge < -0.3 is 14.8 Å². The fourth-order valence-corrected chi connectivity index (χ4v) is 3.80. The van der Waals surface area contributed by atoms with E-state index in [-0.39, 0.29) is 17.5 Å². The molecule has 0 saturated carbocycles. The monoisotopic (exact) mass is 338 g/mol. The molecule has 0 bridgehead atoms. The topological polar surface area (TPSA) is 33.7 Å². The van der Waals surface area contributed by atoms with Crippen molar-refractivity contribution in [2.45, 2.75) is 12.3 Å². The van der Waals surface area contributed by atoms with Crippen molar-refractivity contribution in [2.75, 3.05) is 26.2 Å². The summed E-state index contributed by atoms with van der Waals surface area (Å²) in [7, 11) is 0. The third-order valence-corrected chi connectivity index (χ3v) is 4.82. The number of nitrogens with zero attached hydrogens (tertiary/aromatic N) is 1. The van der Waals surface area contributed by atoms with Crippen LogP contribution in [0.1, 0.15) is 17.2 Å². The molecule has 0 amide bonds. The third kappa shape index (κ3) is 2.91. The van der Waals surface area contributed by atoms with Crippen LogP contribution in [0.5, 0.6) is 11.5 Å². The van der Waals surface area contributed by atoms with E-state index in [0.29, 0.717) is 0 Å². The molecule has 122 valence electrons. The second-order valence-corrected chi connectivity index (χ2v) is 6.40. The van der Waals surface area contributed by atoms with Crippen LogP contribution in [0.2, 0.25) is 0 Å². The van der Waals surface area contributed by atoms with Crippen molar-refractivity contribution < 1.29 is 18.3 Å². The zero-order valence-corrected chi connectivity index (χ0v) is 13.1. The Hall–Kier alpha value is -1.70. The number of benzene rings is 1. The van der Waals surface area contributed by atoms with Crippen molar-refractivity contribution in [1.82, 2.24) is 10.2 Å². The lowest BCUT2D eigenvalue weighted by Crippen LogP contribution is -2.45. The quantitative estimate of drug-likeness (QED) is 0.933. The summed E-state index contributed by atoms with van der Waals surface area (Å²) in [5.74, 6) is 0.186. The molecule has 23 heavy (non-hydrogen) atoms. The van der Waals surface area contributed by atoms with Gasteiger partial charge in [-0.05, 0) is 40.1 Å². The molecule has 1 N–H and O–H groups in total. The highest BCUT2D eigenvalue weighted by Crippen LogP contribution is 2.43. The molecule has 0 spiro atoms. The van der Waals surface area contributed by atoms with Crippen LogP contribution in [0.15, 0.2) is 35.0 Å². The predicted molar refractivity (Wildman–Crippen MR) is 83.2 cm³/mol. The summed E-state index contributed by atoms with van der Waals surface area (Å²) in [6, 6.07) is 7.18. The van der Waals surface area contributed by atoms with Gasteiger partial charge in [0.05, 0.1) is 6.04 Å². The molecule has 2 aliphatic rings. The Morgan fingerprint density at radius 1 is 1.09 bits per heavy atom. The van der Waals surface area contributed by atoms with Crippen LogP contribution >= 0.6 is 11.3 Å². The van der Waals surface area contributed by atoms with E-state index >= 15 is 0 Å². The molecule has 0 aliphatic carbocycles. The first kappa shape index (κ1) is 14.9. The zero-order valence-electron chi connectivity index (χ0n) is 12.3. The van der Waals surface area contributed by atoms with Crippen molar-refractivity contribution in [1.29, 1.82) is 0 Å². The first-order valence-electron chi connectivity index (χ1n) is 7.49. The smallest absolute Gasteiger partial charge is 0.395 e. The highest BCUT2D eigenvalue weighted by atomic mass is 32.1. The molecule has 0 radical (unpaired) electrons. The summed E-state index contributed by atoms with van der Waals surface area (Å²) >= 11 is 1.63. The maximum atomic E-state index is 13.2. The van der Waals surface area contributed by atoms with E-state index in [1.54, 1.807) is 23.5 Å². The zero-order chi connectivity index (χ0) is 15.9. The third-order valence-electron chi connectivity index (χ3n) is 4.12. The number of thiophene rings is 1. The maximum absolute atomic E-state index is 13.2. The van der Waals surface area contributed by atoms with Gasteiger partial charge in [0, 0.05) is 26.2 Å². The van der Waals surface area contributed by atoms with Gasteiger partial charge in [-0.3, -0.25) is 4.90 Å². The van der Waals surface area contributed by atoms with E-state index in [4.69, 9.17) is 0 Å². The molecule has 4 nitrogen and oxygen atoms in total. The fraction of sp³-hybridized carbons (Fsp3) is 0.375. The van der Waals surface area contributed by atoms with Crippen LogP contribution in [0.4, 0.5) is 8.78 Å². The molecule has 1 fully saturated rings. The summed E-state index contributed by atoms with van der Waals surface area (Å²) < 4.78 is 35.6. The molecule has 1 aromatic carbocycles. The number of alkyl halides is 2. The Morgan fingerprint density at radius 3 is 2.61 bits per heavy atom. The van der Waals surface area contributed by atoms with Crippen LogP contribution < -0.4 is 14.8 Å². The van der Waals surface area contributed by atoms with Crippen molar-refractivity contribution in [3.8, 4) is 11.5 Å². The van der Waals surface area contributed by atoms with E-state index in [1.807, 2.05) is 11.4 Å².